The van der Waals surface area contributed by atoms with Crippen LogP contribution in [0.1, 0.15) is 21.5 Å². The van der Waals surface area contributed by atoms with Crippen LogP contribution in [0, 0.1) is 0 Å². The summed E-state index contributed by atoms with van der Waals surface area (Å²) in [6, 6.07) is 9.80. The molecule has 3 aromatic rings. The Balaban J connectivity index is 0.00000380. The third-order valence-corrected chi connectivity index (χ3v) is 6.53. The van der Waals surface area contributed by atoms with Gasteiger partial charge in [-0.1, -0.05) is 6.07 Å². The number of benzene rings is 2. The van der Waals surface area contributed by atoms with Crippen LogP contribution < -0.4 is 14.2 Å². The Hall–Kier alpha value is -2.83. The summed E-state index contributed by atoms with van der Waals surface area (Å²) in [5, 5.41) is 3.75. The summed E-state index contributed by atoms with van der Waals surface area (Å²) in [7, 11) is 0.988. The molecule has 37 heavy (non-hydrogen) atoms. The molecule has 0 aliphatic carbocycles. The number of rotatable bonds is 12. The molecular formula is C25H32ClN3O7S. The van der Waals surface area contributed by atoms with E-state index in [0.717, 1.165) is 48.1 Å². The highest BCUT2D eigenvalue weighted by molar-refractivity contribution is 7.86. The lowest BCUT2D eigenvalue weighted by Crippen LogP contribution is -2.30. The van der Waals surface area contributed by atoms with E-state index in [0.29, 0.717) is 29.9 Å². The maximum absolute atomic E-state index is 12.7. The van der Waals surface area contributed by atoms with Gasteiger partial charge in [-0.2, -0.15) is 8.42 Å². The fourth-order valence-corrected chi connectivity index (χ4v) is 4.87. The number of nitrogens with one attached hydrogen (secondary N) is 2. The summed E-state index contributed by atoms with van der Waals surface area (Å²) in [5.41, 5.74) is 4.19. The monoisotopic (exact) mass is 553 g/mol. The normalized spacial score (nSPS) is 12.9. The molecule has 0 atom stereocenters. The number of nitrogens with zero attached hydrogens (tertiary/aromatic N) is 1. The van der Waals surface area contributed by atoms with Crippen LogP contribution in [0.4, 0.5) is 0 Å². The number of amides is 1. The fourth-order valence-electron chi connectivity index (χ4n) is 4.38. The minimum atomic E-state index is -3.82. The average molecular weight is 554 g/mol. The smallest absolute Gasteiger partial charge is 0.306 e. The van der Waals surface area contributed by atoms with Gasteiger partial charge in [0.05, 0.1) is 32.1 Å². The average Bonchev–Trinajstić information content (AvgIpc) is 3.43. The van der Waals surface area contributed by atoms with Crippen LogP contribution in [0.25, 0.3) is 22.2 Å². The molecule has 0 fully saturated rings. The van der Waals surface area contributed by atoms with E-state index in [1.54, 1.807) is 20.3 Å². The number of aromatic amines is 1. The van der Waals surface area contributed by atoms with E-state index in [-0.39, 0.29) is 36.4 Å². The first-order valence-electron chi connectivity index (χ1n) is 11.5. The van der Waals surface area contributed by atoms with E-state index in [1.807, 2.05) is 12.1 Å². The molecule has 1 amide bonds. The summed E-state index contributed by atoms with van der Waals surface area (Å²) < 4.78 is 44.8. The van der Waals surface area contributed by atoms with Gasteiger partial charge in [-0.15, -0.1) is 12.4 Å². The molecule has 1 aromatic heterocycles. The standard InChI is InChI=1S/C25H31N3O7S.ClH/c1-32-9-7-28(8-10-33-2)15-16-5-6-20-17(11-16)12-21(27-20)18-13-22(34-3)24(35-36(4,30)31)19-14-26-25(29)23(18)19;/h5-6,11-13,27H,7-10,14-15H2,1-4H3,(H,26,29);1H. The first-order valence-corrected chi connectivity index (χ1v) is 13.3. The molecule has 4 rings (SSSR count). The lowest BCUT2D eigenvalue weighted by atomic mass is 9.98. The zero-order chi connectivity index (χ0) is 25.9. The van der Waals surface area contributed by atoms with Crippen molar-refractivity contribution >= 4 is 39.3 Å². The predicted molar refractivity (Wildman–Crippen MR) is 143 cm³/mol. The molecule has 12 heteroatoms. The molecule has 0 saturated heterocycles. The van der Waals surface area contributed by atoms with E-state index in [4.69, 9.17) is 18.4 Å². The maximum Gasteiger partial charge on any atom is 0.306 e. The summed E-state index contributed by atoms with van der Waals surface area (Å²) >= 11 is 0. The molecule has 1 aliphatic rings. The third kappa shape index (κ3) is 6.55. The third-order valence-electron chi connectivity index (χ3n) is 6.06. The number of methoxy groups -OCH3 is 3. The summed E-state index contributed by atoms with van der Waals surface area (Å²) in [5.74, 6) is -0.0352. The first kappa shape index (κ1) is 28.7. The molecular weight excluding hydrogens is 522 g/mol. The predicted octanol–water partition coefficient (Wildman–Crippen LogP) is 2.94. The molecule has 2 heterocycles. The van der Waals surface area contributed by atoms with Crippen molar-refractivity contribution in [3.63, 3.8) is 0 Å². The maximum atomic E-state index is 12.7. The molecule has 0 spiro atoms. The molecule has 0 saturated carbocycles. The Bertz CT molecular complexity index is 1370. The Kier molecular flexibility index (Phi) is 9.43. The second-order valence-corrected chi connectivity index (χ2v) is 10.2. The molecule has 0 unspecified atom stereocenters. The lowest BCUT2D eigenvalue weighted by molar-refractivity contribution is 0.0966. The number of H-pyrrole nitrogens is 1. The van der Waals surface area contributed by atoms with Crippen LogP contribution in [-0.2, 0) is 32.7 Å². The highest BCUT2D eigenvalue weighted by atomic mass is 35.5. The number of hydrogen-bond acceptors (Lipinski definition) is 8. The van der Waals surface area contributed by atoms with Gasteiger partial charge in [-0.05, 0) is 29.8 Å². The minimum Gasteiger partial charge on any atom is -0.493 e. The van der Waals surface area contributed by atoms with E-state index in [9.17, 15) is 13.2 Å². The van der Waals surface area contributed by atoms with Gasteiger partial charge in [0.15, 0.2) is 11.5 Å². The van der Waals surface area contributed by atoms with Crippen molar-refractivity contribution in [2.45, 2.75) is 13.1 Å². The van der Waals surface area contributed by atoms with Crippen molar-refractivity contribution < 1.29 is 31.6 Å². The minimum absolute atomic E-state index is 0. The van der Waals surface area contributed by atoms with Gasteiger partial charge < -0.3 is 28.7 Å². The second-order valence-electron chi connectivity index (χ2n) is 8.65. The lowest BCUT2D eigenvalue weighted by Gasteiger charge is -2.21. The Morgan fingerprint density at radius 3 is 2.35 bits per heavy atom. The Labute approximate surface area is 222 Å². The van der Waals surface area contributed by atoms with Crippen LogP contribution in [-0.4, -0.2) is 78.1 Å². The fraction of sp³-hybridized carbons (Fsp3) is 0.400. The van der Waals surface area contributed by atoms with Crippen LogP contribution in [0.5, 0.6) is 11.5 Å². The number of halogens is 1. The summed E-state index contributed by atoms with van der Waals surface area (Å²) in [6.07, 6.45) is 0.956. The molecule has 0 radical (unpaired) electrons. The van der Waals surface area contributed by atoms with Crippen molar-refractivity contribution in [2.75, 3.05) is 53.9 Å². The van der Waals surface area contributed by atoms with Crippen LogP contribution in [0.3, 0.4) is 0 Å². The van der Waals surface area contributed by atoms with E-state index in [1.165, 1.54) is 7.11 Å². The second kappa shape index (κ2) is 12.1. The van der Waals surface area contributed by atoms with E-state index < -0.39 is 10.1 Å². The SMILES string of the molecule is COCCN(CCOC)Cc1ccc2[nH]c(-c3cc(OC)c(OS(C)(=O)=O)c4c3C(=O)NC4)cc2c1.Cl. The van der Waals surface area contributed by atoms with Crippen molar-refractivity contribution in [1.82, 2.24) is 15.2 Å². The van der Waals surface area contributed by atoms with Gasteiger partial charge in [0.1, 0.15) is 0 Å². The topological polar surface area (TPSA) is 119 Å². The Morgan fingerprint density at radius 2 is 1.73 bits per heavy atom. The number of fused-ring (bicyclic) bond motifs is 2. The number of carbonyl (C=O) groups is 1. The van der Waals surface area contributed by atoms with Gasteiger partial charge in [-0.3, -0.25) is 9.69 Å². The first-order chi connectivity index (χ1) is 17.2. The van der Waals surface area contributed by atoms with Gasteiger partial charge >= 0.3 is 10.1 Å². The summed E-state index contributed by atoms with van der Waals surface area (Å²) in [6.45, 7) is 3.74. The number of hydrogen-bond donors (Lipinski definition) is 2. The molecule has 2 N–H and O–H groups in total. The highest BCUT2D eigenvalue weighted by Gasteiger charge is 2.31. The van der Waals surface area contributed by atoms with E-state index in [2.05, 4.69) is 27.3 Å². The number of carbonyl (C=O) groups excluding carboxylic acids is 1. The largest absolute Gasteiger partial charge is 0.493 e. The number of aromatic nitrogens is 1. The van der Waals surface area contributed by atoms with Crippen LogP contribution in [0.2, 0.25) is 0 Å². The molecule has 202 valence electrons. The van der Waals surface area contributed by atoms with Crippen molar-refractivity contribution in [3.05, 3.63) is 47.0 Å². The molecule has 1 aliphatic heterocycles. The van der Waals surface area contributed by atoms with E-state index >= 15 is 0 Å². The Morgan fingerprint density at radius 1 is 1.03 bits per heavy atom. The van der Waals surface area contributed by atoms with Crippen molar-refractivity contribution in [2.24, 2.45) is 0 Å². The molecule has 2 aromatic carbocycles. The van der Waals surface area contributed by atoms with Gasteiger partial charge in [0.25, 0.3) is 5.91 Å². The van der Waals surface area contributed by atoms with Crippen molar-refractivity contribution in [3.8, 4) is 22.8 Å². The van der Waals surface area contributed by atoms with Gasteiger partial charge in [0.2, 0.25) is 0 Å². The highest BCUT2D eigenvalue weighted by Crippen LogP contribution is 2.43. The number of ether oxygens (including phenoxy) is 3. The van der Waals surface area contributed by atoms with Crippen LogP contribution in [0.15, 0.2) is 30.3 Å². The summed E-state index contributed by atoms with van der Waals surface area (Å²) in [4.78, 5) is 18.4. The van der Waals surface area contributed by atoms with Crippen molar-refractivity contribution in [1.29, 1.82) is 0 Å². The van der Waals surface area contributed by atoms with Crippen LogP contribution >= 0.6 is 12.4 Å². The zero-order valence-corrected chi connectivity index (χ0v) is 22.9. The molecule has 10 nitrogen and oxygen atoms in total. The van der Waals surface area contributed by atoms with Gasteiger partial charge in [-0.25, -0.2) is 0 Å². The zero-order valence-electron chi connectivity index (χ0n) is 21.3. The quantitative estimate of drug-likeness (QED) is 0.329. The van der Waals surface area contributed by atoms with Gasteiger partial charge in [0, 0.05) is 68.1 Å². The molecule has 0 bridgehead atoms.